The van der Waals surface area contributed by atoms with Crippen LogP contribution in [0.1, 0.15) is 94.2 Å². The van der Waals surface area contributed by atoms with E-state index in [2.05, 4.69) is 44.2 Å². The molecule has 0 unspecified atom stereocenters. The second-order valence-electron chi connectivity index (χ2n) is 8.65. The highest BCUT2D eigenvalue weighted by atomic mass is 14.8. The zero-order valence-electron chi connectivity index (χ0n) is 16.4. The first-order chi connectivity index (χ1) is 12.1. The van der Waals surface area contributed by atoms with Gasteiger partial charge >= 0.3 is 0 Å². The summed E-state index contributed by atoms with van der Waals surface area (Å²) in [4.78, 5) is 0. The summed E-state index contributed by atoms with van der Waals surface area (Å²) in [5.74, 6) is 1.60. The molecular weight excluding hydrogens is 302 g/mol. The monoisotopic (exact) mass is 339 g/mol. The number of unbranched alkanes of at least 4 members (excludes halogenated alkanes) is 2. The molecule has 3 rings (SSSR count). The molecule has 1 aromatic rings. The van der Waals surface area contributed by atoms with Gasteiger partial charge in [-0.25, -0.2) is 0 Å². The lowest BCUT2D eigenvalue weighted by molar-refractivity contribution is 0.409. The maximum atomic E-state index is 6.51. The number of hydrogen-bond acceptors (Lipinski definition) is 1. The summed E-state index contributed by atoms with van der Waals surface area (Å²) in [6.07, 6.45) is 18.6. The Hall–Kier alpha value is -1.08. The lowest BCUT2D eigenvalue weighted by Crippen LogP contribution is -2.35. The van der Waals surface area contributed by atoms with Gasteiger partial charge in [0.25, 0.3) is 0 Å². The number of fused-ring (bicyclic) bond motifs is 1. The topological polar surface area (TPSA) is 26.0 Å². The molecule has 0 spiro atoms. The van der Waals surface area contributed by atoms with E-state index in [1.807, 2.05) is 0 Å². The van der Waals surface area contributed by atoms with Gasteiger partial charge in [-0.15, -0.1) is 0 Å². The number of allylic oxidation sites excluding steroid dienone is 2. The number of nitrogens with two attached hydrogens (primary N) is 1. The van der Waals surface area contributed by atoms with Crippen LogP contribution in [0.5, 0.6) is 0 Å². The molecule has 0 amide bonds. The van der Waals surface area contributed by atoms with E-state index in [4.69, 9.17) is 5.73 Å². The van der Waals surface area contributed by atoms with Crippen molar-refractivity contribution in [3.63, 3.8) is 0 Å². The van der Waals surface area contributed by atoms with Crippen molar-refractivity contribution >= 4 is 0 Å². The zero-order valence-corrected chi connectivity index (χ0v) is 16.4. The number of benzene rings is 1. The fourth-order valence-corrected chi connectivity index (χ4v) is 4.97. The first-order valence-electron chi connectivity index (χ1n) is 10.7. The molecule has 0 aromatic heterocycles. The standard InChI is InChI=1S/C24H37N/c1-3-5-6-7-8-9-19-10-11-21-17-22(13-12-20(21)16-19)23-14-15-24(25,4-2)18-23/h3,5,12-13,17,19,23H,4,6-11,14-16,18,25H2,1-2H3/b5-3-/t19-,23+,24-/m1/s1. The van der Waals surface area contributed by atoms with Gasteiger partial charge in [-0.3, -0.25) is 0 Å². The van der Waals surface area contributed by atoms with Crippen molar-refractivity contribution < 1.29 is 0 Å². The van der Waals surface area contributed by atoms with Crippen molar-refractivity contribution in [1.82, 2.24) is 0 Å². The quantitative estimate of drug-likeness (QED) is 0.457. The van der Waals surface area contributed by atoms with Gasteiger partial charge in [0.05, 0.1) is 0 Å². The molecule has 0 saturated heterocycles. The minimum Gasteiger partial charge on any atom is -0.325 e. The molecule has 1 aromatic carbocycles. The Bertz CT molecular complexity index is 588. The highest BCUT2D eigenvalue weighted by Crippen LogP contribution is 2.42. The van der Waals surface area contributed by atoms with E-state index in [0.717, 1.165) is 12.3 Å². The third kappa shape index (κ3) is 4.76. The largest absolute Gasteiger partial charge is 0.325 e. The highest BCUT2D eigenvalue weighted by molar-refractivity contribution is 5.36. The van der Waals surface area contributed by atoms with Crippen LogP contribution in [-0.4, -0.2) is 5.54 Å². The Kier molecular flexibility index (Phi) is 6.39. The van der Waals surface area contributed by atoms with Crippen LogP contribution in [0.25, 0.3) is 0 Å². The van der Waals surface area contributed by atoms with Crippen molar-refractivity contribution in [2.45, 2.75) is 95.9 Å². The summed E-state index contributed by atoms with van der Waals surface area (Å²) in [5.41, 5.74) is 11.4. The maximum absolute atomic E-state index is 6.51. The molecule has 0 aliphatic heterocycles. The van der Waals surface area contributed by atoms with Crippen molar-refractivity contribution in [1.29, 1.82) is 0 Å². The normalized spacial score (nSPS) is 29.2. The highest BCUT2D eigenvalue weighted by Gasteiger charge is 2.35. The van der Waals surface area contributed by atoms with E-state index in [9.17, 15) is 0 Å². The van der Waals surface area contributed by atoms with Gasteiger partial charge < -0.3 is 5.73 Å². The molecule has 0 bridgehead atoms. The van der Waals surface area contributed by atoms with E-state index in [-0.39, 0.29) is 5.54 Å². The Morgan fingerprint density at radius 1 is 1.20 bits per heavy atom. The molecule has 1 heteroatoms. The molecule has 1 saturated carbocycles. The molecular formula is C24H37N. The van der Waals surface area contributed by atoms with Gasteiger partial charge in [0.15, 0.2) is 0 Å². The van der Waals surface area contributed by atoms with Crippen LogP contribution in [-0.2, 0) is 12.8 Å². The van der Waals surface area contributed by atoms with Crippen LogP contribution in [0.15, 0.2) is 30.4 Å². The summed E-state index contributed by atoms with van der Waals surface area (Å²) in [5, 5.41) is 0. The predicted octanol–water partition coefficient (Wildman–Crippen LogP) is 6.30. The van der Waals surface area contributed by atoms with E-state index < -0.39 is 0 Å². The summed E-state index contributed by atoms with van der Waals surface area (Å²) < 4.78 is 0. The van der Waals surface area contributed by atoms with Crippen LogP contribution < -0.4 is 5.73 Å². The van der Waals surface area contributed by atoms with Crippen molar-refractivity contribution in [3.05, 3.63) is 47.0 Å². The third-order valence-corrected chi connectivity index (χ3v) is 6.85. The van der Waals surface area contributed by atoms with E-state index in [0.29, 0.717) is 5.92 Å². The molecule has 2 aliphatic rings. The predicted molar refractivity (Wildman–Crippen MR) is 109 cm³/mol. The smallest absolute Gasteiger partial charge is 0.0157 e. The Morgan fingerprint density at radius 2 is 2.08 bits per heavy atom. The Balaban J connectivity index is 1.55. The second kappa shape index (κ2) is 8.54. The van der Waals surface area contributed by atoms with Crippen LogP contribution in [0.4, 0.5) is 0 Å². The Morgan fingerprint density at radius 3 is 2.84 bits per heavy atom. The zero-order chi connectivity index (χ0) is 17.7. The number of hydrogen-bond donors (Lipinski definition) is 1. The average Bonchev–Trinajstić information content (AvgIpc) is 3.04. The third-order valence-electron chi connectivity index (χ3n) is 6.85. The van der Waals surface area contributed by atoms with Crippen molar-refractivity contribution in [2.75, 3.05) is 0 Å². The van der Waals surface area contributed by atoms with Crippen LogP contribution in [0, 0.1) is 5.92 Å². The molecule has 0 radical (unpaired) electrons. The lowest BCUT2D eigenvalue weighted by Gasteiger charge is -2.26. The SMILES string of the molecule is C/C=C\CCCC[C@@H]1CCc2cc([C@H]3CC[C@](N)(CC)C3)ccc2C1. The molecule has 2 N–H and O–H groups in total. The van der Waals surface area contributed by atoms with Gasteiger partial charge in [-0.05, 0) is 93.2 Å². The minimum atomic E-state index is 0.0959. The summed E-state index contributed by atoms with van der Waals surface area (Å²) in [7, 11) is 0. The molecule has 1 fully saturated rings. The Labute approximate surface area is 155 Å². The molecule has 25 heavy (non-hydrogen) atoms. The molecule has 138 valence electrons. The van der Waals surface area contributed by atoms with E-state index in [1.54, 1.807) is 16.7 Å². The van der Waals surface area contributed by atoms with Gasteiger partial charge in [0.2, 0.25) is 0 Å². The summed E-state index contributed by atoms with van der Waals surface area (Å²) >= 11 is 0. The average molecular weight is 340 g/mol. The van der Waals surface area contributed by atoms with E-state index >= 15 is 0 Å². The second-order valence-corrected chi connectivity index (χ2v) is 8.65. The van der Waals surface area contributed by atoms with E-state index in [1.165, 1.54) is 64.2 Å². The van der Waals surface area contributed by atoms with Gasteiger partial charge in [0, 0.05) is 5.54 Å². The molecule has 0 heterocycles. The van der Waals surface area contributed by atoms with Crippen LogP contribution >= 0.6 is 0 Å². The van der Waals surface area contributed by atoms with Crippen LogP contribution in [0.2, 0.25) is 0 Å². The minimum absolute atomic E-state index is 0.0959. The van der Waals surface area contributed by atoms with Gasteiger partial charge in [-0.2, -0.15) is 0 Å². The fourth-order valence-electron chi connectivity index (χ4n) is 4.97. The maximum Gasteiger partial charge on any atom is 0.0157 e. The first-order valence-corrected chi connectivity index (χ1v) is 10.7. The summed E-state index contributed by atoms with van der Waals surface area (Å²) in [6, 6.07) is 7.39. The lowest BCUT2D eigenvalue weighted by atomic mass is 9.79. The summed E-state index contributed by atoms with van der Waals surface area (Å²) in [6.45, 7) is 4.36. The molecule has 2 aliphatic carbocycles. The molecule has 3 atom stereocenters. The molecule has 1 nitrogen and oxygen atoms in total. The fraction of sp³-hybridized carbons (Fsp3) is 0.667. The number of aryl methyl sites for hydroxylation is 1. The van der Waals surface area contributed by atoms with Gasteiger partial charge in [-0.1, -0.05) is 50.1 Å². The van der Waals surface area contributed by atoms with Crippen molar-refractivity contribution in [2.24, 2.45) is 11.7 Å². The van der Waals surface area contributed by atoms with Gasteiger partial charge in [0.1, 0.15) is 0 Å². The first kappa shape index (κ1) is 18.7. The van der Waals surface area contributed by atoms with Crippen LogP contribution in [0.3, 0.4) is 0 Å². The van der Waals surface area contributed by atoms with Crippen molar-refractivity contribution in [3.8, 4) is 0 Å². The number of rotatable bonds is 7.